The highest BCUT2D eigenvalue weighted by molar-refractivity contribution is 5.14. The smallest absolute Gasteiger partial charge is 0.0638 e. The van der Waals surface area contributed by atoms with Crippen LogP contribution in [0.1, 0.15) is 37.4 Å². The molecule has 0 bridgehead atoms. The van der Waals surface area contributed by atoms with Crippen molar-refractivity contribution in [3.63, 3.8) is 0 Å². The average molecular weight is 225 g/mol. The zero-order chi connectivity index (χ0) is 11.8. The van der Waals surface area contributed by atoms with Crippen LogP contribution in [0.25, 0.3) is 0 Å². The van der Waals surface area contributed by atoms with Gasteiger partial charge in [0.1, 0.15) is 0 Å². The van der Waals surface area contributed by atoms with Crippen molar-refractivity contribution in [2.45, 2.75) is 46.2 Å². The number of nitrogens with one attached hydrogen (secondary N) is 1. The predicted octanol–water partition coefficient (Wildman–Crippen LogP) is 1.46. The lowest BCUT2D eigenvalue weighted by atomic mass is 10.2. The van der Waals surface area contributed by atoms with Crippen LogP contribution in [0.4, 0.5) is 0 Å². The Bertz CT molecular complexity index is 296. The van der Waals surface area contributed by atoms with Gasteiger partial charge in [-0.3, -0.25) is 4.68 Å². The number of unbranched alkanes of at least 4 members (excludes halogenated alkanes) is 1. The summed E-state index contributed by atoms with van der Waals surface area (Å²) < 4.78 is 2.01. The summed E-state index contributed by atoms with van der Waals surface area (Å²) in [5, 5.41) is 16.5. The molecule has 4 heteroatoms. The molecule has 92 valence electrons. The van der Waals surface area contributed by atoms with E-state index in [2.05, 4.69) is 30.5 Å². The summed E-state index contributed by atoms with van der Waals surface area (Å²) >= 11 is 0. The van der Waals surface area contributed by atoms with E-state index in [1.807, 2.05) is 4.68 Å². The van der Waals surface area contributed by atoms with Gasteiger partial charge < -0.3 is 10.4 Å². The molecule has 2 N–H and O–H groups in total. The van der Waals surface area contributed by atoms with E-state index in [-0.39, 0.29) is 6.61 Å². The lowest BCUT2D eigenvalue weighted by Crippen LogP contribution is -2.15. The topological polar surface area (TPSA) is 50.1 Å². The Labute approximate surface area is 97.7 Å². The van der Waals surface area contributed by atoms with E-state index in [0.29, 0.717) is 0 Å². The molecule has 0 spiro atoms. The highest BCUT2D eigenvalue weighted by Crippen LogP contribution is 2.05. The quantitative estimate of drug-likeness (QED) is 0.659. The predicted molar refractivity (Wildman–Crippen MR) is 65.3 cm³/mol. The maximum atomic E-state index is 8.65. The molecule has 16 heavy (non-hydrogen) atoms. The molecule has 0 amide bonds. The van der Waals surface area contributed by atoms with E-state index in [4.69, 9.17) is 5.11 Å². The van der Waals surface area contributed by atoms with Gasteiger partial charge in [0.25, 0.3) is 0 Å². The number of aryl methyl sites for hydroxylation is 2. The number of aliphatic hydroxyl groups excluding tert-OH is 1. The molecule has 1 rings (SSSR count). The summed E-state index contributed by atoms with van der Waals surface area (Å²) in [6, 6.07) is 0. The summed E-state index contributed by atoms with van der Waals surface area (Å²) in [6.45, 7) is 7.32. The van der Waals surface area contributed by atoms with Gasteiger partial charge in [0.05, 0.1) is 5.69 Å². The van der Waals surface area contributed by atoms with Crippen LogP contribution < -0.4 is 5.32 Å². The van der Waals surface area contributed by atoms with Crippen molar-refractivity contribution in [1.82, 2.24) is 15.1 Å². The fourth-order valence-corrected chi connectivity index (χ4v) is 1.66. The van der Waals surface area contributed by atoms with Gasteiger partial charge in [-0.15, -0.1) is 0 Å². The molecule has 0 atom stereocenters. The van der Waals surface area contributed by atoms with Crippen molar-refractivity contribution in [3.8, 4) is 0 Å². The minimum atomic E-state index is 0.287. The minimum absolute atomic E-state index is 0.287. The van der Waals surface area contributed by atoms with Crippen LogP contribution in [0.5, 0.6) is 0 Å². The molecular weight excluding hydrogens is 202 g/mol. The second kappa shape index (κ2) is 7.41. The molecular formula is C12H23N3O. The first-order chi connectivity index (χ1) is 7.77. The molecule has 0 radical (unpaired) electrons. The standard InChI is InChI=1S/C12H23N3O/c1-3-7-15-10-12(11(2)14-15)9-13-6-4-5-8-16/h10,13,16H,3-9H2,1-2H3. The van der Waals surface area contributed by atoms with Crippen molar-refractivity contribution < 1.29 is 5.11 Å². The summed E-state index contributed by atoms with van der Waals surface area (Å²) in [6.07, 6.45) is 5.14. The highest BCUT2D eigenvalue weighted by Gasteiger charge is 2.03. The van der Waals surface area contributed by atoms with E-state index >= 15 is 0 Å². The zero-order valence-electron chi connectivity index (χ0n) is 10.4. The Hall–Kier alpha value is -0.870. The number of aliphatic hydroxyl groups is 1. The van der Waals surface area contributed by atoms with Gasteiger partial charge in [0.15, 0.2) is 0 Å². The normalized spacial score (nSPS) is 10.9. The second-order valence-corrected chi connectivity index (χ2v) is 4.11. The fraction of sp³-hybridized carbons (Fsp3) is 0.750. The molecule has 0 unspecified atom stereocenters. The van der Waals surface area contributed by atoms with Gasteiger partial charge in [0, 0.05) is 31.5 Å². The Balaban J connectivity index is 2.30. The Morgan fingerprint density at radius 2 is 2.25 bits per heavy atom. The number of nitrogens with zero attached hydrogens (tertiary/aromatic N) is 2. The Morgan fingerprint density at radius 3 is 2.94 bits per heavy atom. The van der Waals surface area contributed by atoms with Gasteiger partial charge >= 0.3 is 0 Å². The SMILES string of the molecule is CCCn1cc(CNCCCCO)c(C)n1. The molecule has 0 aliphatic rings. The first kappa shape index (κ1) is 13.2. The van der Waals surface area contributed by atoms with Crippen LogP contribution in [-0.4, -0.2) is 28.0 Å². The van der Waals surface area contributed by atoms with Crippen molar-refractivity contribution in [2.75, 3.05) is 13.2 Å². The molecule has 0 fully saturated rings. The van der Waals surface area contributed by atoms with Gasteiger partial charge in [-0.05, 0) is 32.7 Å². The average Bonchev–Trinajstić information content (AvgIpc) is 2.60. The minimum Gasteiger partial charge on any atom is -0.396 e. The van der Waals surface area contributed by atoms with Crippen LogP contribution in [0.2, 0.25) is 0 Å². The van der Waals surface area contributed by atoms with Crippen molar-refractivity contribution in [2.24, 2.45) is 0 Å². The largest absolute Gasteiger partial charge is 0.396 e. The van der Waals surface area contributed by atoms with Crippen LogP contribution >= 0.6 is 0 Å². The third-order valence-electron chi connectivity index (χ3n) is 2.58. The molecule has 0 aliphatic heterocycles. The van der Waals surface area contributed by atoms with Crippen molar-refractivity contribution in [3.05, 3.63) is 17.5 Å². The first-order valence-corrected chi connectivity index (χ1v) is 6.12. The van der Waals surface area contributed by atoms with E-state index in [0.717, 1.165) is 44.6 Å². The molecule has 1 aromatic heterocycles. The van der Waals surface area contributed by atoms with Crippen LogP contribution in [-0.2, 0) is 13.1 Å². The monoisotopic (exact) mass is 225 g/mol. The van der Waals surface area contributed by atoms with E-state index < -0.39 is 0 Å². The lowest BCUT2D eigenvalue weighted by molar-refractivity contribution is 0.283. The lowest BCUT2D eigenvalue weighted by Gasteiger charge is -2.02. The number of hydrogen-bond acceptors (Lipinski definition) is 3. The third-order valence-corrected chi connectivity index (χ3v) is 2.58. The van der Waals surface area contributed by atoms with E-state index in [1.165, 1.54) is 5.56 Å². The summed E-state index contributed by atoms with van der Waals surface area (Å²) in [4.78, 5) is 0. The van der Waals surface area contributed by atoms with Crippen LogP contribution in [0.15, 0.2) is 6.20 Å². The summed E-state index contributed by atoms with van der Waals surface area (Å²) in [7, 11) is 0. The molecule has 1 heterocycles. The van der Waals surface area contributed by atoms with Crippen LogP contribution in [0, 0.1) is 6.92 Å². The molecule has 4 nitrogen and oxygen atoms in total. The van der Waals surface area contributed by atoms with Crippen molar-refractivity contribution in [1.29, 1.82) is 0 Å². The van der Waals surface area contributed by atoms with Gasteiger partial charge in [-0.2, -0.15) is 5.10 Å². The zero-order valence-corrected chi connectivity index (χ0v) is 10.4. The highest BCUT2D eigenvalue weighted by atomic mass is 16.2. The first-order valence-electron chi connectivity index (χ1n) is 6.12. The number of aromatic nitrogens is 2. The molecule has 0 saturated carbocycles. The molecule has 1 aromatic rings. The fourth-order valence-electron chi connectivity index (χ4n) is 1.66. The van der Waals surface area contributed by atoms with Gasteiger partial charge in [-0.25, -0.2) is 0 Å². The number of rotatable bonds is 8. The van der Waals surface area contributed by atoms with Crippen LogP contribution in [0.3, 0.4) is 0 Å². The van der Waals surface area contributed by atoms with E-state index in [1.54, 1.807) is 0 Å². The molecule has 0 aromatic carbocycles. The Kier molecular flexibility index (Phi) is 6.11. The maximum absolute atomic E-state index is 8.65. The molecule has 0 saturated heterocycles. The maximum Gasteiger partial charge on any atom is 0.0638 e. The van der Waals surface area contributed by atoms with Gasteiger partial charge in [-0.1, -0.05) is 6.92 Å². The summed E-state index contributed by atoms with van der Waals surface area (Å²) in [5.41, 5.74) is 2.39. The van der Waals surface area contributed by atoms with Gasteiger partial charge in [0.2, 0.25) is 0 Å². The number of hydrogen-bond donors (Lipinski definition) is 2. The van der Waals surface area contributed by atoms with E-state index in [9.17, 15) is 0 Å². The Morgan fingerprint density at radius 1 is 1.44 bits per heavy atom. The second-order valence-electron chi connectivity index (χ2n) is 4.11. The summed E-state index contributed by atoms with van der Waals surface area (Å²) in [5.74, 6) is 0. The third kappa shape index (κ3) is 4.33. The van der Waals surface area contributed by atoms with Crippen molar-refractivity contribution >= 4 is 0 Å². The molecule has 0 aliphatic carbocycles.